The van der Waals surface area contributed by atoms with E-state index in [4.69, 9.17) is 18.8 Å². The molecule has 0 aliphatic carbocycles. The highest BCUT2D eigenvalue weighted by Gasteiger charge is 2.24. The fraction of sp³-hybridized carbons (Fsp3) is 0.0909. The normalized spacial score (nSPS) is 12.5. The van der Waals surface area contributed by atoms with E-state index >= 15 is 0 Å². The lowest BCUT2D eigenvalue weighted by atomic mass is 9.83. The highest BCUT2D eigenvalue weighted by molar-refractivity contribution is 6.24. The van der Waals surface area contributed by atoms with Gasteiger partial charge in [-0.25, -0.2) is 4.98 Å². The molecule has 0 unspecified atom stereocenters. The molecule has 7 aromatic carbocycles. The second-order valence-electron chi connectivity index (χ2n) is 13.8. The Morgan fingerprint density at radius 2 is 0.979 bits per heavy atom. The van der Waals surface area contributed by atoms with E-state index in [0.717, 1.165) is 88.1 Å². The standard InChI is InChI=1S/C44H30N2O2/c1-44(2,3)27-21-25(36-24-45-40-32-16-6-4-12-28(32)29-13-5-7-17-33(29)41(40)46-36)20-26(22-27)39-42-34(30-14-8-10-18-37(30)47-42)23-35-31-15-9-11-19-38(31)48-43(35)39/h4-24H,1-3H3. The van der Waals surface area contributed by atoms with Gasteiger partial charge in [-0.05, 0) is 57.6 Å². The summed E-state index contributed by atoms with van der Waals surface area (Å²) < 4.78 is 13.3. The molecule has 0 spiro atoms. The predicted molar refractivity (Wildman–Crippen MR) is 199 cm³/mol. The minimum absolute atomic E-state index is 0.132. The van der Waals surface area contributed by atoms with Gasteiger partial charge in [0.25, 0.3) is 0 Å². The maximum Gasteiger partial charge on any atom is 0.147 e. The maximum atomic E-state index is 6.67. The second kappa shape index (κ2) is 9.76. The average Bonchev–Trinajstić information content (AvgIpc) is 3.68. The van der Waals surface area contributed by atoms with Gasteiger partial charge in [0.1, 0.15) is 22.3 Å². The number of hydrogen-bond donors (Lipinski definition) is 0. The van der Waals surface area contributed by atoms with Gasteiger partial charge in [0, 0.05) is 37.9 Å². The Morgan fingerprint density at radius 1 is 0.479 bits per heavy atom. The summed E-state index contributed by atoms with van der Waals surface area (Å²) in [4.78, 5) is 10.5. The van der Waals surface area contributed by atoms with Crippen LogP contribution in [0.2, 0.25) is 0 Å². The van der Waals surface area contributed by atoms with Crippen molar-refractivity contribution in [1.82, 2.24) is 9.97 Å². The Kier molecular flexibility index (Phi) is 5.52. The molecule has 0 saturated carbocycles. The van der Waals surface area contributed by atoms with Crippen molar-refractivity contribution in [3.63, 3.8) is 0 Å². The monoisotopic (exact) mass is 618 g/mol. The summed E-state index contributed by atoms with van der Waals surface area (Å²) in [5.74, 6) is 0. The molecule has 3 aromatic heterocycles. The second-order valence-corrected chi connectivity index (χ2v) is 13.8. The molecule has 0 atom stereocenters. The van der Waals surface area contributed by atoms with Gasteiger partial charge in [-0.1, -0.05) is 112 Å². The SMILES string of the molecule is CC(C)(C)c1cc(-c2cnc3c4ccccc4c4ccccc4c3n2)cc(-c2c3oc4ccccc4c3cc3c2oc2ccccc23)c1. The Labute approximate surface area is 276 Å². The number of furan rings is 2. The number of hydrogen-bond acceptors (Lipinski definition) is 4. The van der Waals surface area contributed by atoms with E-state index in [2.05, 4.69) is 118 Å². The van der Waals surface area contributed by atoms with Crippen molar-refractivity contribution in [3.05, 3.63) is 133 Å². The summed E-state index contributed by atoms with van der Waals surface area (Å²) in [5, 5.41) is 8.91. The molecule has 0 saturated heterocycles. The van der Waals surface area contributed by atoms with Crippen LogP contribution in [-0.4, -0.2) is 9.97 Å². The fourth-order valence-electron chi connectivity index (χ4n) is 7.41. The van der Waals surface area contributed by atoms with Crippen LogP contribution >= 0.6 is 0 Å². The highest BCUT2D eigenvalue weighted by atomic mass is 16.3. The lowest BCUT2D eigenvalue weighted by Gasteiger charge is -2.22. The van der Waals surface area contributed by atoms with E-state index in [1.807, 2.05) is 30.5 Å². The first kappa shape index (κ1) is 27.1. The summed E-state index contributed by atoms with van der Waals surface area (Å²) in [7, 11) is 0. The topological polar surface area (TPSA) is 52.1 Å². The Morgan fingerprint density at radius 3 is 1.56 bits per heavy atom. The third kappa shape index (κ3) is 3.89. The van der Waals surface area contributed by atoms with Gasteiger partial charge < -0.3 is 8.83 Å². The Bertz CT molecular complexity index is 2820. The first-order valence-electron chi connectivity index (χ1n) is 16.4. The number of rotatable bonds is 2. The van der Waals surface area contributed by atoms with Crippen molar-refractivity contribution < 1.29 is 8.83 Å². The maximum absolute atomic E-state index is 6.67. The Hall–Kier alpha value is -6.00. The first-order chi connectivity index (χ1) is 23.4. The molecule has 48 heavy (non-hydrogen) atoms. The van der Waals surface area contributed by atoms with Gasteiger partial charge in [-0.15, -0.1) is 0 Å². The minimum Gasteiger partial charge on any atom is -0.455 e. The molecule has 10 rings (SSSR count). The van der Waals surface area contributed by atoms with Crippen molar-refractivity contribution in [3.8, 4) is 22.4 Å². The molecule has 0 N–H and O–H groups in total. The van der Waals surface area contributed by atoms with Crippen molar-refractivity contribution in [2.45, 2.75) is 26.2 Å². The number of nitrogens with zero attached hydrogens (tertiary/aromatic N) is 2. The van der Waals surface area contributed by atoms with Crippen LogP contribution in [0.4, 0.5) is 0 Å². The largest absolute Gasteiger partial charge is 0.455 e. The molecule has 0 fully saturated rings. The zero-order valence-corrected chi connectivity index (χ0v) is 26.8. The summed E-state index contributed by atoms with van der Waals surface area (Å²) in [6.07, 6.45) is 1.92. The third-order valence-corrected chi connectivity index (χ3v) is 9.82. The van der Waals surface area contributed by atoms with Crippen LogP contribution in [0, 0.1) is 0 Å². The van der Waals surface area contributed by atoms with Crippen LogP contribution < -0.4 is 0 Å². The van der Waals surface area contributed by atoms with Crippen LogP contribution in [0.1, 0.15) is 26.3 Å². The molecule has 0 bridgehead atoms. The summed E-state index contributed by atoms with van der Waals surface area (Å²) in [5.41, 5.74) is 10.0. The smallest absolute Gasteiger partial charge is 0.147 e. The zero-order chi connectivity index (χ0) is 32.1. The van der Waals surface area contributed by atoms with E-state index in [1.165, 1.54) is 16.3 Å². The molecule has 0 radical (unpaired) electrons. The first-order valence-corrected chi connectivity index (χ1v) is 16.4. The summed E-state index contributed by atoms with van der Waals surface area (Å²) in [6, 6.07) is 42.5. The molecule has 0 amide bonds. The lowest BCUT2D eigenvalue weighted by molar-refractivity contribution is 0.590. The molecule has 4 nitrogen and oxygen atoms in total. The molecule has 0 aliphatic rings. The lowest BCUT2D eigenvalue weighted by Crippen LogP contribution is -2.11. The average molecular weight is 619 g/mol. The Balaban J connectivity index is 1.30. The fourth-order valence-corrected chi connectivity index (χ4v) is 7.41. The van der Waals surface area contributed by atoms with Crippen LogP contribution in [-0.2, 0) is 5.41 Å². The van der Waals surface area contributed by atoms with Gasteiger partial charge in [0.2, 0.25) is 0 Å². The van der Waals surface area contributed by atoms with Crippen molar-refractivity contribution in [1.29, 1.82) is 0 Å². The number of fused-ring (bicyclic) bond motifs is 12. The predicted octanol–water partition coefficient (Wildman–Crippen LogP) is 12.4. The van der Waals surface area contributed by atoms with E-state index in [1.54, 1.807) is 0 Å². The molecular formula is C44H30N2O2. The van der Waals surface area contributed by atoms with Crippen molar-refractivity contribution >= 4 is 76.5 Å². The number of para-hydroxylation sites is 2. The van der Waals surface area contributed by atoms with Gasteiger partial charge in [0.15, 0.2) is 0 Å². The summed E-state index contributed by atoms with van der Waals surface area (Å²) in [6.45, 7) is 6.75. The van der Waals surface area contributed by atoms with E-state index in [9.17, 15) is 0 Å². The number of benzene rings is 7. The molecule has 10 aromatic rings. The van der Waals surface area contributed by atoms with Crippen LogP contribution in [0.15, 0.2) is 136 Å². The van der Waals surface area contributed by atoms with E-state index in [0.29, 0.717) is 0 Å². The molecule has 0 aliphatic heterocycles. The molecule has 3 heterocycles. The van der Waals surface area contributed by atoms with Gasteiger partial charge in [-0.2, -0.15) is 0 Å². The van der Waals surface area contributed by atoms with Crippen LogP contribution in [0.25, 0.3) is 98.8 Å². The van der Waals surface area contributed by atoms with Crippen molar-refractivity contribution in [2.75, 3.05) is 0 Å². The quantitative estimate of drug-likeness (QED) is 0.181. The highest BCUT2D eigenvalue weighted by Crippen LogP contribution is 2.46. The van der Waals surface area contributed by atoms with E-state index < -0.39 is 0 Å². The van der Waals surface area contributed by atoms with Gasteiger partial charge >= 0.3 is 0 Å². The zero-order valence-electron chi connectivity index (χ0n) is 26.8. The van der Waals surface area contributed by atoms with Gasteiger partial charge in [-0.3, -0.25) is 4.98 Å². The van der Waals surface area contributed by atoms with Crippen LogP contribution in [0.3, 0.4) is 0 Å². The number of aromatic nitrogens is 2. The molecular weight excluding hydrogens is 588 g/mol. The molecule has 4 heteroatoms. The minimum atomic E-state index is -0.132. The molecule has 228 valence electrons. The van der Waals surface area contributed by atoms with Crippen molar-refractivity contribution in [2.24, 2.45) is 0 Å². The van der Waals surface area contributed by atoms with Crippen LogP contribution in [0.5, 0.6) is 0 Å². The van der Waals surface area contributed by atoms with E-state index in [-0.39, 0.29) is 5.41 Å². The summed E-state index contributed by atoms with van der Waals surface area (Å²) >= 11 is 0. The third-order valence-electron chi connectivity index (χ3n) is 9.82. The van der Waals surface area contributed by atoms with Gasteiger partial charge in [0.05, 0.1) is 28.5 Å².